The summed E-state index contributed by atoms with van der Waals surface area (Å²) >= 11 is 1.75. The summed E-state index contributed by atoms with van der Waals surface area (Å²) < 4.78 is 0. The SMILES string of the molecule is CC1CCc2c(C(=O)N(C)CC3CCCC3O)csc2C1. The van der Waals surface area contributed by atoms with E-state index in [1.807, 2.05) is 17.3 Å². The van der Waals surface area contributed by atoms with Crippen molar-refractivity contribution in [1.82, 2.24) is 4.90 Å². The van der Waals surface area contributed by atoms with Crippen LogP contribution in [-0.2, 0) is 12.8 Å². The summed E-state index contributed by atoms with van der Waals surface area (Å²) in [7, 11) is 1.88. The van der Waals surface area contributed by atoms with Crippen molar-refractivity contribution in [2.24, 2.45) is 11.8 Å². The highest BCUT2D eigenvalue weighted by molar-refractivity contribution is 7.10. The molecule has 0 spiro atoms. The molecule has 0 saturated heterocycles. The van der Waals surface area contributed by atoms with Gasteiger partial charge in [0.05, 0.1) is 11.7 Å². The van der Waals surface area contributed by atoms with E-state index >= 15 is 0 Å². The molecule has 4 heteroatoms. The molecular formula is C17H25NO2S. The standard InChI is InChI=1S/C17H25NO2S/c1-11-6-7-13-14(10-21-16(13)8-11)17(20)18(2)9-12-4-3-5-15(12)19/h10-12,15,19H,3-9H2,1-2H3. The number of hydrogen-bond donors (Lipinski definition) is 1. The lowest BCUT2D eigenvalue weighted by Crippen LogP contribution is -2.34. The normalized spacial score (nSPS) is 28.4. The Morgan fingerprint density at radius 2 is 2.24 bits per heavy atom. The van der Waals surface area contributed by atoms with Gasteiger partial charge in [-0.15, -0.1) is 11.3 Å². The van der Waals surface area contributed by atoms with Crippen LogP contribution in [0.25, 0.3) is 0 Å². The minimum atomic E-state index is -0.225. The van der Waals surface area contributed by atoms with Gasteiger partial charge in [-0.2, -0.15) is 0 Å². The van der Waals surface area contributed by atoms with Crippen LogP contribution in [0.3, 0.4) is 0 Å². The largest absolute Gasteiger partial charge is 0.393 e. The summed E-state index contributed by atoms with van der Waals surface area (Å²) in [5.74, 6) is 1.14. The van der Waals surface area contributed by atoms with Crippen molar-refractivity contribution in [3.63, 3.8) is 0 Å². The quantitative estimate of drug-likeness (QED) is 0.932. The lowest BCUT2D eigenvalue weighted by molar-refractivity contribution is 0.0692. The highest BCUT2D eigenvalue weighted by Crippen LogP contribution is 2.34. The number of aliphatic hydroxyl groups excluding tert-OH is 1. The van der Waals surface area contributed by atoms with Crippen LogP contribution in [0.15, 0.2) is 5.38 Å². The Balaban J connectivity index is 1.70. The Morgan fingerprint density at radius 1 is 1.43 bits per heavy atom. The topological polar surface area (TPSA) is 40.5 Å². The van der Waals surface area contributed by atoms with E-state index in [9.17, 15) is 9.90 Å². The Labute approximate surface area is 131 Å². The van der Waals surface area contributed by atoms with Crippen molar-refractivity contribution in [1.29, 1.82) is 0 Å². The minimum Gasteiger partial charge on any atom is -0.393 e. The van der Waals surface area contributed by atoms with E-state index < -0.39 is 0 Å². The smallest absolute Gasteiger partial charge is 0.254 e. The van der Waals surface area contributed by atoms with Crippen LogP contribution >= 0.6 is 11.3 Å². The molecule has 21 heavy (non-hydrogen) atoms. The number of hydrogen-bond acceptors (Lipinski definition) is 3. The van der Waals surface area contributed by atoms with Gasteiger partial charge in [-0.3, -0.25) is 4.79 Å². The zero-order valence-electron chi connectivity index (χ0n) is 13.0. The zero-order chi connectivity index (χ0) is 15.0. The predicted molar refractivity (Wildman–Crippen MR) is 85.8 cm³/mol. The van der Waals surface area contributed by atoms with Crippen LogP contribution in [0.2, 0.25) is 0 Å². The maximum absolute atomic E-state index is 12.7. The van der Waals surface area contributed by atoms with Crippen molar-refractivity contribution in [3.8, 4) is 0 Å². The van der Waals surface area contributed by atoms with Gasteiger partial charge in [0.2, 0.25) is 0 Å². The molecule has 1 aromatic heterocycles. The van der Waals surface area contributed by atoms with Gasteiger partial charge in [-0.05, 0) is 43.6 Å². The first-order valence-electron chi connectivity index (χ1n) is 8.09. The summed E-state index contributed by atoms with van der Waals surface area (Å²) in [6.07, 6.45) is 6.14. The fourth-order valence-corrected chi connectivity index (χ4v) is 4.97. The molecule has 1 aromatic rings. The minimum absolute atomic E-state index is 0.140. The van der Waals surface area contributed by atoms with E-state index in [2.05, 4.69) is 6.92 Å². The first-order valence-corrected chi connectivity index (χ1v) is 8.97. The van der Waals surface area contributed by atoms with E-state index in [0.717, 1.165) is 43.6 Å². The highest BCUT2D eigenvalue weighted by atomic mass is 32.1. The highest BCUT2D eigenvalue weighted by Gasteiger charge is 2.29. The third-order valence-corrected chi connectivity index (χ3v) is 6.16. The molecule has 1 fully saturated rings. The first kappa shape index (κ1) is 15.0. The molecule has 3 atom stereocenters. The number of carbonyl (C=O) groups excluding carboxylic acids is 1. The van der Waals surface area contributed by atoms with E-state index in [1.165, 1.54) is 16.9 Å². The molecule has 116 valence electrons. The van der Waals surface area contributed by atoms with Crippen molar-refractivity contribution in [3.05, 3.63) is 21.4 Å². The molecule has 1 heterocycles. The molecule has 0 radical (unpaired) electrons. The molecule has 0 aromatic carbocycles. The van der Waals surface area contributed by atoms with Crippen LogP contribution in [0.5, 0.6) is 0 Å². The Hall–Kier alpha value is -0.870. The van der Waals surface area contributed by atoms with Gasteiger partial charge < -0.3 is 10.0 Å². The van der Waals surface area contributed by atoms with Crippen molar-refractivity contribution in [2.45, 2.75) is 51.6 Å². The number of nitrogens with zero attached hydrogens (tertiary/aromatic N) is 1. The monoisotopic (exact) mass is 307 g/mol. The molecule has 0 aliphatic heterocycles. The molecule has 2 aliphatic carbocycles. The third-order valence-electron chi connectivity index (χ3n) is 5.11. The number of amides is 1. The summed E-state index contributed by atoms with van der Waals surface area (Å²) in [4.78, 5) is 15.9. The Bertz CT molecular complexity index is 525. The average Bonchev–Trinajstić information content (AvgIpc) is 3.04. The van der Waals surface area contributed by atoms with Crippen LogP contribution in [0, 0.1) is 11.8 Å². The predicted octanol–water partition coefficient (Wildman–Crippen LogP) is 3.11. The summed E-state index contributed by atoms with van der Waals surface area (Å²) in [5, 5.41) is 12.0. The van der Waals surface area contributed by atoms with E-state index in [4.69, 9.17) is 0 Å². The number of aliphatic hydroxyl groups is 1. The second-order valence-corrected chi connectivity index (χ2v) is 7.81. The number of rotatable bonds is 3. The fourth-order valence-electron chi connectivity index (χ4n) is 3.73. The summed E-state index contributed by atoms with van der Waals surface area (Å²) in [6.45, 7) is 2.97. The van der Waals surface area contributed by atoms with Gasteiger partial charge >= 0.3 is 0 Å². The Kier molecular flexibility index (Phi) is 4.36. The van der Waals surface area contributed by atoms with E-state index in [-0.39, 0.29) is 17.9 Å². The van der Waals surface area contributed by atoms with Crippen molar-refractivity contribution in [2.75, 3.05) is 13.6 Å². The molecule has 1 N–H and O–H groups in total. The van der Waals surface area contributed by atoms with Gasteiger partial charge in [0, 0.05) is 29.8 Å². The lowest BCUT2D eigenvalue weighted by Gasteiger charge is -2.24. The lowest BCUT2D eigenvalue weighted by atomic mass is 9.88. The molecular weight excluding hydrogens is 282 g/mol. The molecule has 1 saturated carbocycles. The number of thiophene rings is 1. The van der Waals surface area contributed by atoms with Crippen LogP contribution in [-0.4, -0.2) is 35.6 Å². The van der Waals surface area contributed by atoms with E-state index in [1.54, 1.807) is 11.3 Å². The summed E-state index contributed by atoms with van der Waals surface area (Å²) in [6, 6.07) is 0. The van der Waals surface area contributed by atoms with Gasteiger partial charge in [-0.25, -0.2) is 0 Å². The summed E-state index contributed by atoms with van der Waals surface area (Å²) in [5.41, 5.74) is 2.21. The second kappa shape index (κ2) is 6.09. The maximum Gasteiger partial charge on any atom is 0.254 e. The van der Waals surface area contributed by atoms with Crippen molar-refractivity contribution < 1.29 is 9.90 Å². The van der Waals surface area contributed by atoms with Crippen LogP contribution in [0.4, 0.5) is 0 Å². The maximum atomic E-state index is 12.7. The molecule has 3 nitrogen and oxygen atoms in total. The van der Waals surface area contributed by atoms with Crippen LogP contribution < -0.4 is 0 Å². The molecule has 3 unspecified atom stereocenters. The number of carbonyl (C=O) groups is 1. The van der Waals surface area contributed by atoms with Gasteiger partial charge in [0.25, 0.3) is 5.91 Å². The average molecular weight is 307 g/mol. The molecule has 1 amide bonds. The Morgan fingerprint density at radius 3 is 2.95 bits per heavy atom. The molecule has 3 rings (SSSR count). The van der Waals surface area contributed by atoms with E-state index in [0.29, 0.717) is 6.54 Å². The van der Waals surface area contributed by atoms with Gasteiger partial charge in [0.1, 0.15) is 0 Å². The van der Waals surface area contributed by atoms with Crippen LogP contribution in [0.1, 0.15) is 53.4 Å². The molecule has 0 bridgehead atoms. The second-order valence-electron chi connectivity index (χ2n) is 6.84. The van der Waals surface area contributed by atoms with Gasteiger partial charge in [-0.1, -0.05) is 13.3 Å². The fraction of sp³-hybridized carbons (Fsp3) is 0.706. The number of fused-ring (bicyclic) bond motifs is 1. The molecule has 2 aliphatic rings. The zero-order valence-corrected chi connectivity index (χ0v) is 13.8. The van der Waals surface area contributed by atoms with Gasteiger partial charge in [0.15, 0.2) is 0 Å². The third kappa shape index (κ3) is 3.02. The first-order chi connectivity index (χ1) is 10.1. The van der Waals surface area contributed by atoms with Crippen molar-refractivity contribution >= 4 is 17.2 Å².